The van der Waals surface area contributed by atoms with Gasteiger partial charge in [-0.05, 0) is 57.7 Å². The second-order valence-electron chi connectivity index (χ2n) is 9.95. The van der Waals surface area contributed by atoms with Gasteiger partial charge in [-0.3, -0.25) is 23.7 Å². The highest BCUT2D eigenvalue weighted by Crippen LogP contribution is 2.46. The molecular weight excluding hydrogens is 605 g/mol. The molecule has 1 fully saturated rings. The summed E-state index contributed by atoms with van der Waals surface area (Å²) in [4.78, 5) is 33.5. The maximum absolute atomic E-state index is 14.3. The molecule has 4 atom stereocenters. The molecule has 0 amide bonds. The quantitative estimate of drug-likeness (QED) is 0.110. The maximum atomic E-state index is 14.3. The summed E-state index contributed by atoms with van der Waals surface area (Å²) in [6.45, 7) is 1.27. The fourth-order valence-electron chi connectivity index (χ4n) is 4.10. The number of carbonyl (C=O) groups is 1. The highest BCUT2D eigenvalue weighted by Gasteiger charge is 2.41. The number of fused-ring (bicyclic) bond motifs is 1. The second-order valence-corrected chi connectivity index (χ2v) is 11.6. The number of imidazole rings is 1. The van der Waals surface area contributed by atoms with Gasteiger partial charge in [0.1, 0.15) is 31.2 Å². The van der Waals surface area contributed by atoms with Gasteiger partial charge < -0.3 is 25.2 Å². The van der Waals surface area contributed by atoms with Crippen LogP contribution in [0.3, 0.4) is 0 Å². The number of para-hydroxylation sites is 1. The van der Waals surface area contributed by atoms with E-state index in [1.54, 1.807) is 18.2 Å². The highest BCUT2D eigenvalue weighted by molar-refractivity contribution is 7.52. The zero-order valence-electron chi connectivity index (χ0n) is 24.3. The molecule has 2 heterocycles. The molecule has 4 rings (SSSR count). The number of nitrogens with zero attached hydrogens (tertiary/aromatic N) is 3. The van der Waals surface area contributed by atoms with Crippen molar-refractivity contribution in [1.82, 2.24) is 24.6 Å². The van der Waals surface area contributed by atoms with Crippen molar-refractivity contribution in [1.29, 1.82) is 0 Å². The monoisotopic (exact) mass is 642 g/mol. The third-order valence-electron chi connectivity index (χ3n) is 6.38. The van der Waals surface area contributed by atoms with Crippen molar-refractivity contribution in [3.8, 4) is 5.75 Å². The summed E-state index contributed by atoms with van der Waals surface area (Å²) < 4.78 is 58.4. The zero-order valence-corrected chi connectivity index (χ0v) is 25.2. The van der Waals surface area contributed by atoms with Crippen LogP contribution < -0.4 is 20.9 Å². The number of nitrogens with one attached hydrogen (secondary N) is 2. The number of alkyl halides is 2. The van der Waals surface area contributed by atoms with E-state index in [0.29, 0.717) is 0 Å². The van der Waals surface area contributed by atoms with E-state index >= 15 is 0 Å². The Morgan fingerprint density at radius 2 is 2.00 bits per heavy atom. The van der Waals surface area contributed by atoms with Gasteiger partial charge in [0, 0.05) is 0 Å². The third kappa shape index (κ3) is 9.92. The number of nitrogens with two attached hydrogens (primary N) is 1. The molecule has 1 saturated carbocycles. The topological polar surface area (TPSA) is 204 Å². The number of esters is 1. The summed E-state index contributed by atoms with van der Waals surface area (Å²) in [5.74, 6) is -4.00. The second kappa shape index (κ2) is 15.9. The molecule has 0 bridgehead atoms. The summed E-state index contributed by atoms with van der Waals surface area (Å²) in [5, 5.41) is 20.9. The summed E-state index contributed by atoms with van der Waals surface area (Å²) in [5.41, 5.74) is 5.36. The number of ether oxygens (including phenoxy) is 1. The lowest BCUT2D eigenvalue weighted by Crippen LogP contribution is -2.41. The molecule has 1 aliphatic carbocycles. The minimum absolute atomic E-state index is 0.00713. The number of aliphatic hydroxyl groups excluding tert-OH is 1. The Kier molecular flexibility index (Phi) is 12.5. The van der Waals surface area contributed by atoms with E-state index < -0.39 is 44.0 Å². The summed E-state index contributed by atoms with van der Waals surface area (Å²) in [6.07, 6.45) is 5.24. The maximum Gasteiger partial charge on any atom is 0.459 e. The van der Waals surface area contributed by atoms with Gasteiger partial charge in [-0.25, -0.2) is 18.3 Å². The van der Waals surface area contributed by atoms with Crippen LogP contribution in [-0.2, 0) is 25.4 Å². The van der Waals surface area contributed by atoms with Crippen LogP contribution in [0.4, 0.5) is 14.7 Å². The number of aromatic nitrogens is 4. The fraction of sp³-hybridized carbons (Fsp3) is 0.481. The van der Waals surface area contributed by atoms with E-state index in [1.165, 1.54) is 43.0 Å². The summed E-state index contributed by atoms with van der Waals surface area (Å²) in [7, 11) is -4.40. The number of rotatable bonds is 12. The van der Waals surface area contributed by atoms with Gasteiger partial charge in [-0.1, -0.05) is 30.7 Å². The van der Waals surface area contributed by atoms with Crippen molar-refractivity contribution < 1.29 is 42.1 Å². The average Bonchev–Trinajstić information content (AvgIpc) is 3.41. The Morgan fingerprint density at radius 1 is 1.32 bits per heavy atom. The van der Waals surface area contributed by atoms with E-state index in [1.807, 2.05) is 0 Å². The number of halogens is 2. The average molecular weight is 643 g/mol. The number of nitrogen functional groups attached to an aromatic ring is 1. The number of aliphatic hydroxyl groups is 2. The van der Waals surface area contributed by atoms with Gasteiger partial charge in [0.2, 0.25) is 5.95 Å². The first-order chi connectivity index (χ1) is 20.9. The van der Waals surface area contributed by atoms with Gasteiger partial charge in [0.15, 0.2) is 17.3 Å². The van der Waals surface area contributed by atoms with Crippen molar-refractivity contribution in [2.24, 2.45) is 0 Å². The highest BCUT2D eigenvalue weighted by atomic mass is 31.2. The predicted octanol–water partition coefficient (Wildman–Crippen LogP) is 3.27. The molecule has 2 aromatic heterocycles. The van der Waals surface area contributed by atoms with Crippen LogP contribution in [0.1, 0.15) is 46.0 Å². The Labute approximate surface area is 251 Å². The molecule has 242 valence electrons. The van der Waals surface area contributed by atoms with Crippen LogP contribution in [0.15, 0.2) is 53.6 Å². The van der Waals surface area contributed by atoms with Gasteiger partial charge in [-0.15, -0.1) is 0 Å². The van der Waals surface area contributed by atoms with Crippen LogP contribution in [0.5, 0.6) is 5.75 Å². The number of benzene rings is 1. The first-order valence-corrected chi connectivity index (χ1v) is 15.4. The molecule has 3 aromatic rings. The van der Waals surface area contributed by atoms with E-state index in [4.69, 9.17) is 24.6 Å². The first-order valence-electron chi connectivity index (χ1n) is 13.8. The van der Waals surface area contributed by atoms with Crippen LogP contribution >= 0.6 is 7.75 Å². The van der Waals surface area contributed by atoms with Crippen LogP contribution in [-0.4, -0.2) is 66.5 Å². The summed E-state index contributed by atoms with van der Waals surface area (Å²) >= 11 is 0. The van der Waals surface area contributed by atoms with Crippen molar-refractivity contribution >= 4 is 30.8 Å². The Hall–Kier alpha value is -3.69. The van der Waals surface area contributed by atoms with E-state index in [-0.39, 0.29) is 35.7 Å². The first kappa shape index (κ1) is 34.8. The minimum atomic E-state index is -4.40. The smallest absolute Gasteiger partial charge is 0.459 e. The van der Waals surface area contributed by atoms with Crippen molar-refractivity contribution in [3.05, 3.63) is 59.2 Å². The Bertz CT molecular complexity index is 1500. The lowest BCUT2D eigenvalue weighted by Gasteiger charge is -2.28. The molecule has 6 N–H and O–H groups in total. The van der Waals surface area contributed by atoms with E-state index in [0.717, 1.165) is 38.2 Å². The fourth-order valence-corrected chi connectivity index (χ4v) is 5.61. The van der Waals surface area contributed by atoms with Crippen LogP contribution in [0, 0.1) is 0 Å². The van der Waals surface area contributed by atoms with Crippen molar-refractivity contribution in [3.63, 3.8) is 0 Å². The standard InChI is InChI=1S/C21H30F2NO6P.C6H7N5O2/c1-3-10-19(22)21(23,26)15-28-31(27,30-18-13-8-5-9-14-18)24-16(2)20(25)29-17-11-6-4-7-12-17;7-6-9-4-3(5(13)10-6)8-1-11(4)2-12/h3,5,8-10,13-14,16-17,19,26H,4,6-7,11-12,15H2,1-2H3,(H,24,27);1,12H,2H2,(H3,7,9,10,13)/t16?,19-,21+,31?;/m0./s1. The zero-order chi connectivity index (χ0) is 32.3. The number of anilines is 1. The molecule has 0 aliphatic heterocycles. The number of carbonyl (C=O) groups excluding carboxylic acids is 1. The molecule has 0 saturated heterocycles. The van der Waals surface area contributed by atoms with Gasteiger partial charge in [0.05, 0.1) is 6.33 Å². The number of allylic oxidation sites excluding steroid dienone is 1. The number of hydrogen-bond donors (Lipinski definition) is 5. The molecule has 0 spiro atoms. The molecule has 44 heavy (non-hydrogen) atoms. The predicted molar refractivity (Wildman–Crippen MR) is 157 cm³/mol. The van der Waals surface area contributed by atoms with Crippen molar-refractivity contribution in [2.45, 2.75) is 76.9 Å². The van der Waals surface area contributed by atoms with Gasteiger partial charge >= 0.3 is 13.7 Å². The number of H-pyrrole nitrogens is 1. The SMILES string of the molecule is CC=C[C@H](F)[C@@](O)(F)COP(=O)(NC(C)C(=O)OC1CCCCC1)Oc1ccccc1.Nc1nc2c(ncn2CO)c(=O)[nH]1. The van der Waals surface area contributed by atoms with Gasteiger partial charge in [-0.2, -0.15) is 10.1 Å². The normalized spacial score (nSPS) is 18.0. The third-order valence-corrected chi connectivity index (χ3v) is 8.00. The lowest BCUT2D eigenvalue weighted by molar-refractivity contribution is -0.154. The molecule has 1 aromatic carbocycles. The minimum Gasteiger partial charge on any atom is -0.461 e. The largest absolute Gasteiger partial charge is 0.461 e. The van der Waals surface area contributed by atoms with Crippen LogP contribution in [0.2, 0.25) is 0 Å². The molecular formula is C27H37F2N6O8P. The van der Waals surface area contributed by atoms with Crippen molar-refractivity contribution in [2.75, 3.05) is 12.3 Å². The molecule has 1 aliphatic rings. The number of hydrogen-bond acceptors (Lipinski definition) is 11. The Morgan fingerprint density at radius 3 is 2.64 bits per heavy atom. The van der Waals surface area contributed by atoms with E-state index in [9.17, 15) is 28.0 Å². The molecule has 2 unspecified atom stereocenters. The van der Waals surface area contributed by atoms with Gasteiger partial charge in [0.25, 0.3) is 11.4 Å². The Balaban J connectivity index is 0.000000335. The molecule has 17 heteroatoms. The van der Waals surface area contributed by atoms with E-state index in [2.05, 4.69) is 20.0 Å². The number of aromatic amines is 1. The molecule has 14 nitrogen and oxygen atoms in total. The van der Waals surface area contributed by atoms with Crippen LogP contribution in [0.25, 0.3) is 11.2 Å². The summed E-state index contributed by atoms with van der Waals surface area (Å²) in [6, 6.07) is 6.73. The molecule has 0 radical (unpaired) electrons. The lowest BCUT2D eigenvalue weighted by atomic mass is 9.98.